The summed E-state index contributed by atoms with van der Waals surface area (Å²) in [5.74, 6) is 0.156. The minimum Gasteiger partial charge on any atom is -0.495 e. The zero-order valence-electron chi connectivity index (χ0n) is 14.0. The molecule has 0 saturated heterocycles. The Kier molecular flexibility index (Phi) is 7.74. The number of hydrogen-bond acceptors (Lipinski definition) is 6. The van der Waals surface area contributed by atoms with Crippen molar-refractivity contribution in [2.24, 2.45) is 0 Å². The predicted molar refractivity (Wildman–Crippen MR) is 91.5 cm³/mol. The average Bonchev–Trinajstić information content (AvgIpc) is 2.51. The number of halogens is 1. The quantitative estimate of drug-likeness (QED) is 0.691. The molecule has 10 heteroatoms. The van der Waals surface area contributed by atoms with Gasteiger partial charge in [0, 0.05) is 25.8 Å². The second-order valence-electron chi connectivity index (χ2n) is 4.82. The molecule has 0 aliphatic rings. The Morgan fingerprint density at radius 1 is 1.21 bits per heavy atom. The van der Waals surface area contributed by atoms with Crippen molar-refractivity contribution in [1.82, 2.24) is 4.31 Å². The summed E-state index contributed by atoms with van der Waals surface area (Å²) in [5.41, 5.74) is 0.323. The molecule has 1 aromatic carbocycles. The standard InChI is InChI=1S/C14H21ClN2O6S/c1-21-6-5-17(24(4,19)20)9-14(18)16-11-8-12(22-2)10(15)7-13(11)23-3/h7-8H,5-6,9H2,1-4H3,(H,16,18). The molecule has 0 spiro atoms. The van der Waals surface area contributed by atoms with E-state index < -0.39 is 15.9 Å². The van der Waals surface area contributed by atoms with Gasteiger partial charge in [0.15, 0.2) is 0 Å². The highest BCUT2D eigenvalue weighted by Crippen LogP contribution is 2.35. The number of nitrogens with zero attached hydrogens (tertiary/aromatic N) is 1. The van der Waals surface area contributed by atoms with Gasteiger partial charge in [0.05, 0.1) is 44.3 Å². The number of hydrogen-bond donors (Lipinski definition) is 1. The molecule has 1 amide bonds. The highest BCUT2D eigenvalue weighted by molar-refractivity contribution is 7.88. The van der Waals surface area contributed by atoms with E-state index in [0.717, 1.165) is 10.6 Å². The van der Waals surface area contributed by atoms with Crippen LogP contribution < -0.4 is 14.8 Å². The van der Waals surface area contributed by atoms with Crippen molar-refractivity contribution in [3.63, 3.8) is 0 Å². The van der Waals surface area contributed by atoms with Crippen LogP contribution in [0.4, 0.5) is 5.69 Å². The molecule has 24 heavy (non-hydrogen) atoms. The monoisotopic (exact) mass is 380 g/mol. The van der Waals surface area contributed by atoms with Crippen molar-refractivity contribution in [3.8, 4) is 11.5 Å². The van der Waals surface area contributed by atoms with E-state index in [2.05, 4.69) is 5.32 Å². The fourth-order valence-electron chi connectivity index (χ4n) is 1.86. The Balaban J connectivity index is 2.93. The van der Waals surface area contributed by atoms with Crippen molar-refractivity contribution < 1.29 is 27.4 Å². The maximum atomic E-state index is 12.2. The number of amides is 1. The van der Waals surface area contributed by atoms with Gasteiger partial charge in [-0.3, -0.25) is 4.79 Å². The van der Waals surface area contributed by atoms with Gasteiger partial charge in [0.25, 0.3) is 0 Å². The third-order valence-corrected chi connectivity index (χ3v) is 4.63. The molecule has 0 unspecified atom stereocenters. The fraction of sp³-hybridized carbons (Fsp3) is 0.500. The minimum atomic E-state index is -3.54. The summed E-state index contributed by atoms with van der Waals surface area (Å²) in [6.45, 7) is -0.0987. The van der Waals surface area contributed by atoms with Crippen molar-refractivity contribution in [2.75, 3.05) is 52.6 Å². The first-order valence-electron chi connectivity index (χ1n) is 6.88. The second-order valence-corrected chi connectivity index (χ2v) is 7.21. The molecule has 1 aromatic rings. The van der Waals surface area contributed by atoms with Gasteiger partial charge in [0.2, 0.25) is 15.9 Å². The number of carbonyl (C=O) groups excluding carboxylic acids is 1. The van der Waals surface area contributed by atoms with Gasteiger partial charge in [-0.1, -0.05) is 11.6 Å². The number of rotatable bonds is 9. The number of methoxy groups -OCH3 is 3. The van der Waals surface area contributed by atoms with Gasteiger partial charge in [-0.25, -0.2) is 8.42 Å². The number of carbonyl (C=O) groups is 1. The van der Waals surface area contributed by atoms with Crippen LogP contribution in [0.2, 0.25) is 5.02 Å². The Labute approximate surface area is 146 Å². The molecule has 0 heterocycles. The lowest BCUT2D eigenvalue weighted by Crippen LogP contribution is -2.39. The molecule has 136 valence electrons. The summed E-state index contributed by atoms with van der Waals surface area (Å²) < 4.78 is 39.6. The number of ether oxygens (including phenoxy) is 3. The van der Waals surface area contributed by atoms with Gasteiger partial charge < -0.3 is 19.5 Å². The molecular formula is C14H21ClN2O6S. The number of benzene rings is 1. The van der Waals surface area contributed by atoms with Gasteiger partial charge >= 0.3 is 0 Å². The van der Waals surface area contributed by atoms with Gasteiger partial charge in [-0.05, 0) is 0 Å². The van der Waals surface area contributed by atoms with Crippen LogP contribution in [0.15, 0.2) is 12.1 Å². The minimum absolute atomic E-state index is 0.0732. The molecule has 0 bridgehead atoms. The highest BCUT2D eigenvalue weighted by Gasteiger charge is 2.21. The predicted octanol–water partition coefficient (Wildman–Crippen LogP) is 1.20. The molecule has 0 aliphatic heterocycles. The summed E-state index contributed by atoms with van der Waals surface area (Å²) in [6.07, 6.45) is 1.03. The van der Waals surface area contributed by atoms with Crippen LogP contribution in [0, 0.1) is 0 Å². The lowest BCUT2D eigenvalue weighted by molar-refractivity contribution is -0.116. The first kappa shape index (κ1) is 20.5. The smallest absolute Gasteiger partial charge is 0.239 e. The average molecular weight is 381 g/mol. The molecule has 0 atom stereocenters. The summed E-state index contributed by atoms with van der Waals surface area (Å²) in [7, 11) is 0.771. The van der Waals surface area contributed by atoms with Crippen LogP contribution >= 0.6 is 11.6 Å². The Bertz CT molecular complexity index is 680. The van der Waals surface area contributed by atoms with E-state index in [1.165, 1.54) is 33.5 Å². The third-order valence-electron chi connectivity index (χ3n) is 3.08. The van der Waals surface area contributed by atoms with E-state index in [9.17, 15) is 13.2 Å². The topological polar surface area (TPSA) is 94.2 Å². The van der Waals surface area contributed by atoms with Crippen LogP contribution in [0.3, 0.4) is 0 Å². The van der Waals surface area contributed by atoms with Crippen LogP contribution in [-0.2, 0) is 19.6 Å². The molecule has 0 fully saturated rings. The lowest BCUT2D eigenvalue weighted by atomic mass is 10.2. The Morgan fingerprint density at radius 2 is 1.83 bits per heavy atom. The molecule has 1 N–H and O–H groups in total. The Hall–Kier alpha value is -1.55. The number of anilines is 1. The zero-order chi connectivity index (χ0) is 18.3. The SMILES string of the molecule is COCCN(CC(=O)Nc1cc(OC)c(Cl)cc1OC)S(C)(=O)=O. The maximum absolute atomic E-state index is 12.2. The number of nitrogens with one attached hydrogen (secondary N) is 1. The van der Waals surface area contributed by atoms with E-state index in [-0.39, 0.29) is 19.7 Å². The highest BCUT2D eigenvalue weighted by atomic mass is 35.5. The van der Waals surface area contributed by atoms with Crippen molar-refractivity contribution in [1.29, 1.82) is 0 Å². The van der Waals surface area contributed by atoms with Crippen LogP contribution in [0.5, 0.6) is 11.5 Å². The van der Waals surface area contributed by atoms with E-state index in [0.29, 0.717) is 22.2 Å². The van der Waals surface area contributed by atoms with E-state index in [1.807, 2.05) is 0 Å². The zero-order valence-corrected chi connectivity index (χ0v) is 15.5. The molecule has 0 radical (unpaired) electrons. The molecule has 0 aromatic heterocycles. The van der Waals surface area contributed by atoms with Crippen molar-refractivity contribution >= 4 is 33.2 Å². The summed E-state index contributed by atoms with van der Waals surface area (Å²) in [6, 6.07) is 2.99. The van der Waals surface area contributed by atoms with Gasteiger partial charge in [0.1, 0.15) is 11.5 Å². The normalized spacial score (nSPS) is 11.4. The molecule has 8 nitrogen and oxygen atoms in total. The second kappa shape index (κ2) is 9.07. The molecular weight excluding hydrogens is 360 g/mol. The lowest BCUT2D eigenvalue weighted by Gasteiger charge is -2.19. The first-order chi connectivity index (χ1) is 11.2. The molecule has 0 saturated carbocycles. The fourth-order valence-corrected chi connectivity index (χ4v) is 2.85. The van der Waals surface area contributed by atoms with E-state index >= 15 is 0 Å². The Morgan fingerprint density at radius 3 is 2.33 bits per heavy atom. The van der Waals surface area contributed by atoms with Crippen molar-refractivity contribution in [3.05, 3.63) is 17.2 Å². The van der Waals surface area contributed by atoms with E-state index in [1.54, 1.807) is 0 Å². The summed E-state index contributed by atoms with van der Waals surface area (Å²) >= 11 is 6.00. The summed E-state index contributed by atoms with van der Waals surface area (Å²) in [4.78, 5) is 12.2. The van der Waals surface area contributed by atoms with Crippen LogP contribution in [0.1, 0.15) is 0 Å². The maximum Gasteiger partial charge on any atom is 0.239 e. The van der Waals surface area contributed by atoms with Crippen LogP contribution in [0.25, 0.3) is 0 Å². The van der Waals surface area contributed by atoms with Gasteiger partial charge in [-0.15, -0.1) is 0 Å². The summed E-state index contributed by atoms with van der Waals surface area (Å²) in [5, 5.41) is 2.92. The van der Waals surface area contributed by atoms with Crippen LogP contribution in [-0.4, -0.2) is 65.9 Å². The largest absolute Gasteiger partial charge is 0.495 e. The van der Waals surface area contributed by atoms with E-state index in [4.69, 9.17) is 25.8 Å². The molecule has 1 rings (SSSR count). The van der Waals surface area contributed by atoms with Gasteiger partial charge in [-0.2, -0.15) is 4.31 Å². The number of sulfonamides is 1. The third kappa shape index (κ3) is 5.82. The van der Waals surface area contributed by atoms with Crippen molar-refractivity contribution in [2.45, 2.75) is 0 Å². The first-order valence-corrected chi connectivity index (χ1v) is 9.11. The molecule has 0 aliphatic carbocycles.